The van der Waals surface area contributed by atoms with Gasteiger partial charge >= 0.3 is 12.1 Å². The molecule has 0 saturated carbocycles. The molecule has 0 aliphatic heterocycles. The Bertz CT molecular complexity index is 1180. The number of anilines is 1. The lowest BCUT2D eigenvalue weighted by atomic mass is 9.98. The molecule has 0 bridgehead atoms. The van der Waals surface area contributed by atoms with E-state index in [1.54, 1.807) is 0 Å². The molecule has 1 aromatic heterocycles. The van der Waals surface area contributed by atoms with Crippen molar-refractivity contribution in [3.05, 3.63) is 72.1 Å². The second-order valence-electron chi connectivity index (χ2n) is 8.48. The first-order chi connectivity index (χ1) is 16.9. The lowest BCUT2D eigenvalue weighted by Gasteiger charge is -2.19. The molecule has 0 fully saturated rings. The summed E-state index contributed by atoms with van der Waals surface area (Å²) >= 11 is 0. The Balaban J connectivity index is 1.26. The SMILES string of the molecule is CCC(CCC(=O)Nc1cnn(CC(=O)O)c1)NC(=O)OCC1c2ccccc2-c2ccccc21. The number of hydrogen-bond acceptors (Lipinski definition) is 5. The number of fused-ring (bicyclic) bond motifs is 3. The smallest absolute Gasteiger partial charge is 0.407 e. The van der Waals surface area contributed by atoms with Gasteiger partial charge in [0.15, 0.2) is 0 Å². The van der Waals surface area contributed by atoms with E-state index in [0.29, 0.717) is 18.5 Å². The van der Waals surface area contributed by atoms with Gasteiger partial charge in [0, 0.05) is 24.6 Å². The van der Waals surface area contributed by atoms with Crippen LogP contribution in [0.3, 0.4) is 0 Å². The number of aliphatic carboxylic acids is 1. The molecule has 9 heteroatoms. The Hall–Kier alpha value is -4.14. The number of nitrogens with zero attached hydrogens (tertiary/aromatic N) is 2. The van der Waals surface area contributed by atoms with Crippen LogP contribution in [-0.4, -0.2) is 45.5 Å². The van der Waals surface area contributed by atoms with Gasteiger partial charge in [-0.2, -0.15) is 5.10 Å². The van der Waals surface area contributed by atoms with Gasteiger partial charge in [-0.15, -0.1) is 0 Å². The summed E-state index contributed by atoms with van der Waals surface area (Å²) in [5.74, 6) is -1.27. The molecule has 3 N–H and O–H groups in total. The fourth-order valence-corrected chi connectivity index (χ4v) is 4.37. The van der Waals surface area contributed by atoms with Crippen LogP contribution in [-0.2, 0) is 20.9 Å². The van der Waals surface area contributed by atoms with Crippen LogP contribution in [0.15, 0.2) is 60.9 Å². The summed E-state index contributed by atoms with van der Waals surface area (Å²) in [6.45, 7) is 1.89. The number of carboxylic acids is 1. The third kappa shape index (κ3) is 5.87. The predicted octanol–water partition coefficient (Wildman–Crippen LogP) is 4.00. The normalized spacial score (nSPS) is 12.9. The van der Waals surface area contributed by atoms with Crippen molar-refractivity contribution >= 4 is 23.7 Å². The molecule has 35 heavy (non-hydrogen) atoms. The summed E-state index contributed by atoms with van der Waals surface area (Å²) in [5.41, 5.74) is 5.06. The van der Waals surface area contributed by atoms with E-state index >= 15 is 0 Å². The second kappa shape index (κ2) is 10.9. The molecule has 3 aromatic rings. The number of benzene rings is 2. The molecule has 1 atom stereocenters. The summed E-state index contributed by atoms with van der Waals surface area (Å²) < 4.78 is 6.83. The molecular formula is C26H28N4O5. The van der Waals surface area contributed by atoms with Gasteiger partial charge in [0.1, 0.15) is 13.2 Å². The van der Waals surface area contributed by atoms with Crippen LogP contribution in [0.5, 0.6) is 0 Å². The predicted molar refractivity (Wildman–Crippen MR) is 130 cm³/mol. The number of carbonyl (C=O) groups excluding carboxylic acids is 2. The van der Waals surface area contributed by atoms with Crippen LogP contribution in [0.4, 0.5) is 10.5 Å². The standard InChI is InChI=1S/C26H28N4O5/c1-2-17(11-12-24(31)28-18-13-27-30(14-18)15-25(32)33)29-26(34)35-16-23-21-9-5-3-7-19(21)20-8-4-6-10-22(20)23/h3-10,13-14,17,23H,2,11-12,15-16H2,1H3,(H,28,31)(H,29,34)(H,32,33). The molecule has 4 rings (SSSR count). The number of ether oxygens (including phenoxy) is 1. The van der Waals surface area contributed by atoms with Gasteiger partial charge < -0.3 is 20.5 Å². The summed E-state index contributed by atoms with van der Waals surface area (Å²) in [5, 5.41) is 18.2. The van der Waals surface area contributed by atoms with Crippen LogP contribution in [0.2, 0.25) is 0 Å². The molecular weight excluding hydrogens is 448 g/mol. The van der Waals surface area contributed by atoms with Crippen LogP contribution < -0.4 is 10.6 Å². The van der Waals surface area contributed by atoms with Crippen molar-refractivity contribution in [1.82, 2.24) is 15.1 Å². The Kier molecular flexibility index (Phi) is 7.45. The molecule has 0 spiro atoms. The van der Waals surface area contributed by atoms with Gasteiger partial charge in [-0.1, -0.05) is 55.5 Å². The zero-order chi connectivity index (χ0) is 24.8. The van der Waals surface area contributed by atoms with E-state index in [2.05, 4.69) is 40.0 Å². The minimum atomic E-state index is -1.02. The lowest BCUT2D eigenvalue weighted by molar-refractivity contribution is -0.137. The molecule has 182 valence electrons. The third-order valence-corrected chi connectivity index (χ3v) is 6.09. The third-order valence-electron chi connectivity index (χ3n) is 6.09. The van der Waals surface area contributed by atoms with Crippen LogP contribution in [0.1, 0.15) is 43.2 Å². The number of aromatic nitrogens is 2. The van der Waals surface area contributed by atoms with E-state index in [1.807, 2.05) is 31.2 Å². The fraction of sp³-hybridized carbons (Fsp3) is 0.308. The second-order valence-corrected chi connectivity index (χ2v) is 8.48. The quantitative estimate of drug-likeness (QED) is 0.406. The highest BCUT2D eigenvalue weighted by molar-refractivity contribution is 5.90. The van der Waals surface area contributed by atoms with Gasteiger partial charge in [-0.3, -0.25) is 14.3 Å². The van der Waals surface area contributed by atoms with E-state index in [-0.39, 0.29) is 37.4 Å². The molecule has 0 radical (unpaired) electrons. The molecule has 0 saturated heterocycles. The fourth-order valence-electron chi connectivity index (χ4n) is 4.37. The van der Waals surface area contributed by atoms with Crippen molar-refractivity contribution in [2.24, 2.45) is 0 Å². The summed E-state index contributed by atoms with van der Waals surface area (Å²) in [6, 6.07) is 16.1. The lowest BCUT2D eigenvalue weighted by Crippen LogP contribution is -2.36. The Morgan fingerprint density at radius 1 is 1.09 bits per heavy atom. The van der Waals surface area contributed by atoms with E-state index in [9.17, 15) is 14.4 Å². The number of alkyl carbamates (subject to hydrolysis) is 1. The number of amides is 2. The van der Waals surface area contributed by atoms with Crippen molar-refractivity contribution in [3.63, 3.8) is 0 Å². The zero-order valence-corrected chi connectivity index (χ0v) is 19.4. The van der Waals surface area contributed by atoms with Gasteiger partial charge in [0.2, 0.25) is 5.91 Å². The van der Waals surface area contributed by atoms with Gasteiger partial charge in [-0.25, -0.2) is 4.79 Å². The Morgan fingerprint density at radius 3 is 2.37 bits per heavy atom. The van der Waals surface area contributed by atoms with Crippen molar-refractivity contribution in [2.75, 3.05) is 11.9 Å². The molecule has 1 aliphatic rings. The van der Waals surface area contributed by atoms with E-state index in [4.69, 9.17) is 9.84 Å². The molecule has 2 aromatic carbocycles. The minimum absolute atomic E-state index is 0.0129. The van der Waals surface area contributed by atoms with Crippen LogP contribution in [0.25, 0.3) is 11.1 Å². The van der Waals surface area contributed by atoms with E-state index < -0.39 is 12.1 Å². The first-order valence-corrected chi connectivity index (χ1v) is 11.6. The maximum absolute atomic E-state index is 12.5. The first kappa shape index (κ1) is 24.0. The molecule has 1 heterocycles. The number of hydrogen-bond donors (Lipinski definition) is 3. The monoisotopic (exact) mass is 476 g/mol. The highest BCUT2D eigenvalue weighted by Gasteiger charge is 2.29. The highest BCUT2D eigenvalue weighted by atomic mass is 16.5. The number of carbonyl (C=O) groups is 3. The average Bonchev–Trinajstić information content (AvgIpc) is 3.41. The largest absolute Gasteiger partial charge is 0.480 e. The highest BCUT2D eigenvalue weighted by Crippen LogP contribution is 2.44. The summed E-state index contributed by atoms with van der Waals surface area (Å²) in [6.07, 6.45) is 3.62. The van der Waals surface area contributed by atoms with Gasteiger partial charge in [0.25, 0.3) is 0 Å². The zero-order valence-electron chi connectivity index (χ0n) is 19.4. The van der Waals surface area contributed by atoms with Crippen LogP contribution in [0, 0.1) is 0 Å². The van der Waals surface area contributed by atoms with Gasteiger partial charge in [0.05, 0.1) is 11.9 Å². The number of nitrogens with one attached hydrogen (secondary N) is 2. The topological polar surface area (TPSA) is 123 Å². The van der Waals surface area contributed by atoms with Crippen molar-refractivity contribution in [3.8, 4) is 11.1 Å². The minimum Gasteiger partial charge on any atom is -0.480 e. The number of rotatable bonds is 10. The average molecular weight is 477 g/mol. The van der Waals surface area contributed by atoms with Crippen molar-refractivity contribution in [2.45, 2.75) is 44.7 Å². The summed E-state index contributed by atoms with van der Waals surface area (Å²) in [4.78, 5) is 35.5. The van der Waals surface area contributed by atoms with Crippen molar-refractivity contribution < 1.29 is 24.2 Å². The number of carboxylic acid groups (broad SMARTS) is 1. The summed E-state index contributed by atoms with van der Waals surface area (Å²) in [7, 11) is 0. The maximum Gasteiger partial charge on any atom is 0.407 e. The molecule has 1 unspecified atom stereocenters. The molecule has 2 amide bonds. The first-order valence-electron chi connectivity index (χ1n) is 11.6. The Labute approximate surface area is 203 Å². The van der Waals surface area contributed by atoms with Gasteiger partial charge in [-0.05, 0) is 35.1 Å². The maximum atomic E-state index is 12.5. The molecule has 1 aliphatic carbocycles. The van der Waals surface area contributed by atoms with E-state index in [0.717, 1.165) is 11.1 Å². The van der Waals surface area contributed by atoms with Crippen molar-refractivity contribution in [1.29, 1.82) is 0 Å². The van der Waals surface area contributed by atoms with E-state index in [1.165, 1.54) is 28.2 Å². The molecule has 9 nitrogen and oxygen atoms in total. The van der Waals surface area contributed by atoms with Crippen LogP contribution >= 0.6 is 0 Å². The Morgan fingerprint density at radius 2 is 1.74 bits per heavy atom.